The third kappa shape index (κ3) is 4.24. The number of rotatable bonds is 7. The van der Waals surface area contributed by atoms with Crippen molar-refractivity contribution in [2.24, 2.45) is 0 Å². The van der Waals surface area contributed by atoms with Gasteiger partial charge in [-0.25, -0.2) is 4.98 Å². The van der Waals surface area contributed by atoms with E-state index in [0.717, 1.165) is 29.8 Å². The number of aryl methyl sites for hydroxylation is 1. The van der Waals surface area contributed by atoms with E-state index < -0.39 is 5.41 Å². The zero-order valence-electron chi connectivity index (χ0n) is 19.0. The Bertz CT molecular complexity index is 1160. The van der Waals surface area contributed by atoms with Crippen LogP contribution in [0.4, 0.5) is 0 Å². The topological polar surface area (TPSA) is 91.1 Å². The maximum Gasteiger partial charge on any atom is 0.256 e. The summed E-state index contributed by atoms with van der Waals surface area (Å²) in [5.74, 6) is 2.03. The maximum absolute atomic E-state index is 13.5. The minimum Gasteiger partial charge on any atom is -0.497 e. The first-order valence-corrected chi connectivity index (χ1v) is 12.2. The summed E-state index contributed by atoms with van der Waals surface area (Å²) >= 11 is 1.45. The number of carbonyl (C=O) groups is 1. The van der Waals surface area contributed by atoms with E-state index in [1.165, 1.54) is 11.8 Å². The van der Waals surface area contributed by atoms with Gasteiger partial charge in [0.15, 0.2) is 0 Å². The van der Waals surface area contributed by atoms with Gasteiger partial charge in [-0.05, 0) is 43.7 Å². The van der Waals surface area contributed by atoms with Crippen molar-refractivity contribution in [1.29, 1.82) is 0 Å². The number of nitrogens with zero attached hydrogens (tertiary/aromatic N) is 5. The second-order valence-electron chi connectivity index (χ2n) is 8.41. The molecule has 1 amide bonds. The Balaban J connectivity index is 1.26. The first kappa shape index (κ1) is 22.0. The minimum absolute atomic E-state index is 0.170. The second-order valence-corrected chi connectivity index (χ2v) is 9.19. The van der Waals surface area contributed by atoms with E-state index in [-0.39, 0.29) is 12.0 Å². The van der Waals surface area contributed by atoms with Gasteiger partial charge in [-0.3, -0.25) is 4.79 Å². The first-order valence-electron chi connectivity index (χ1n) is 11.0. The molecule has 3 aromatic rings. The Morgan fingerprint density at radius 3 is 2.76 bits per heavy atom. The Kier molecular flexibility index (Phi) is 5.88. The molecule has 174 valence electrons. The number of hydrogen-bond acceptors (Lipinski definition) is 8. The number of methoxy groups -OCH3 is 1. The van der Waals surface area contributed by atoms with Crippen LogP contribution < -0.4 is 9.47 Å². The molecule has 1 aromatic carbocycles. The van der Waals surface area contributed by atoms with Crippen LogP contribution in [0.25, 0.3) is 5.78 Å². The molecule has 1 aliphatic heterocycles. The average Bonchev–Trinajstić information content (AvgIpc) is 3.55. The lowest BCUT2D eigenvalue weighted by Gasteiger charge is -2.35. The number of benzene rings is 1. The van der Waals surface area contributed by atoms with E-state index >= 15 is 0 Å². The summed E-state index contributed by atoms with van der Waals surface area (Å²) in [4.78, 5) is 24.2. The molecule has 5 rings (SSSR count). The zero-order chi connectivity index (χ0) is 23.0. The van der Waals surface area contributed by atoms with Gasteiger partial charge in [-0.15, -0.1) is 5.10 Å². The van der Waals surface area contributed by atoms with E-state index in [4.69, 9.17) is 14.2 Å². The van der Waals surface area contributed by atoms with Gasteiger partial charge in [0.25, 0.3) is 5.78 Å². The molecule has 33 heavy (non-hydrogen) atoms. The van der Waals surface area contributed by atoms with Gasteiger partial charge in [0.2, 0.25) is 16.9 Å². The highest BCUT2D eigenvalue weighted by Gasteiger charge is 2.53. The van der Waals surface area contributed by atoms with Gasteiger partial charge in [-0.2, -0.15) is 9.50 Å². The summed E-state index contributed by atoms with van der Waals surface area (Å²) in [7, 11) is 1.64. The Morgan fingerprint density at radius 1 is 1.27 bits per heavy atom. The number of carbonyl (C=O) groups excluding carboxylic acids is 1. The highest BCUT2D eigenvalue weighted by atomic mass is 32.2. The Labute approximate surface area is 196 Å². The lowest BCUT2D eigenvalue weighted by Crippen LogP contribution is -2.50. The lowest BCUT2D eigenvalue weighted by molar-refractivity contribution is -0.142. The quantitative estimate of drug-likeness (QED) is 0.488. The van der Waals surface area contributed by atoms with E-state index in [9.17, 15) is 4.79 Å². The maximum atomic E-state index is 13.5. The molecule has 2 aromatic heterocycles. The SMILES string of the molecule is COc1ccc(C2(C(=O)N3CCOC(COc4cc(C)nc5nc(SC)nn45)C3)CC2)cc1. The molecule has 1 aliphatic carbocycles. The summed E-state index contributed by atoms with van der Waals surface area (Å²) in [6.07, 6.45) is 3.44. The number of morpholine rings is 1. The molecule has 2 aliphatic rings. The number of ether oxygens (including phenoxy) is 3. The molecule has 1 saturated heterocycles. The predicted molar refractivity (Wildman–Crippen MR) is 123 cm³/mol. The molecule has 0 bridgehead atoms. The normalized spacial score (nSPS) is 19.5. The van der Waals surface area contributed by atoms with Crippen molar-refractivity contribution >= 4 is 23.4 Å². The molecule has 1 atom stereocenters. The first-order chi connectivity index (χ1) is 16.0. The van der Waals surface area contributed by atoms with Crippen molar-refractivity contribution in [2.75, 3.05) is 39.7 Å². The van der Waals surface area contributed by atoms with Gasteiger partial charge >= 0.3 is 0 Å². The van der Waals surface area contributed by atoms with Crippen LogP contribution in [-0.2, 0) is 14.9 Å². The van der Waals surface area contributed by atoms with E-state index in [1.807, 2.05) is 48.4 Å². The lowest BCUT2D eigenvalue weighted by atomic mass is 9.94. The third-order valence-electron chi connectivity index (χ3n) is 6.22. The molecule has 1 unspecified atom stereocenters. The second kappa shape index (κ2) is 8.83. The highest BCUT2D eigenvalue weighted by molar-refractivity contribution is 7.98. The average molecular weight is 470 g/mol. The van der Waals surface area contributed by atoms with Gasteiger partial charge in [0.05, 0.1) is 25.7 Å². The molecule has 1 saturated carbocycles. The summed E-state index contributed by atoms with van der Waals surface area (Å²) in [5.41, 5.74) is 1.44. The molecule has 2 fully saturated rings. The molecular formula is C23H27N5O4S. The van der Waals surface area contributed by atoms with Crippen molar-refractivity contribution in [2.45, 2.75) is 36.4 Å². The summed E-state index contributed by atoms with van der Waals surface area (Å²) in [6, 6.07) is 9.68. The van der Waals surface area contributed by atoms with Crippen LogP contribution in [0, 0.1) is 6.92 Å². The van der Waals surface area contributed by atoms with Crippen LogP contribution in [-0.4, -0.2) is 76.2 Å². The largest absolute Gasteiger partial charge is 0.497 e. The number of thioether (sulfide) groups is 1. The number of fused-ring (bicyclic) bond motifs is 1. The fourth-order valence-corrected chi connectivity index (χ4v) is 4.61. The number of amides is 1. The van der Waals surface area contributed by atoms with Crippen LogP contribution in [0.3, 0.4) is 0 Å². The molecule has 10 heteroatoms. The predicted octanol–water partition coefficient (Wildman–Crippen LogP) is 2.50. The van der Waals surface area contributed by atoms with E-state index in [2.05, 4.69) is 15.1 Å². The zero-order valence-corrected chi connectivity index (χ0v) is 19.8. The van der Waals surface area contributed by atoms with Crippen molar-refractivity contribution in [3.63, 3.8) is 0 Å². The highest BCUT2D eigenvalue weighted by Crippen LogP contribution is 2.50. The van der Waals surface area contributed by atoms with Gasteiger partial charge in [0.1, 0.15) is 18.5 Å². The van der Waals surface area contributed by atoms with Crippen LogP contribution >= 0.6 is 11.8 Å². The van der Waals surface area contributed by atoms with Crippen molar-refractivity contribution in [1.82, 2.24) is 24.5 Å². The van der Waals surface area contributed by atoms with Gasteiger partial charge in [0, 0.05) is 18.3 Å². The van der Waals surface area contributed by atoms with Crippen molar-refractivity contribution < 1.29 is 19.0 Å². The summed E-state index contributed by atoms with van der Waals surface area (Å²) < 4.78 is 18.9. The summed E-state index contributed by atoms with van der Waals surface area (Å²) in [5, 5.41) is 5.07. The Hall–Kier alpha value is -2.85. The molecular weight excluding hydrogens is 442 g/mol. The molecule has 3 heterocycles. The van der Waals surface area contributed by atoms with Crippen molar-refractivity contribution in [3.05, 3.63) is 41.6 Å². The van der Waals surface area contributed by atoms with Crippen LogP contribution in [0.15, 0.2) is 35.5 Å². The third-order valence-corrected chi connectivity index (χ3v) is 6.75. The number of aromatic nitrogens is 4. The van der Waals surface area contributed by atoms with Crippen molar-refractivity contribution in [3.8, 4) is 11.6 Å². The molecule has 0 N–H and O–H groups in total. The van der Waals surface area contributed by atoms with Crippen LogP contribution in [0.1, 0.15) is 24.1 Å². The molecule has 9 nitrogen and oxygen atoms in total. The van der Waals surface area contributed by atoms with Gasteiger partial charge in [-0.1, -0.05) is 23.9 Å². The van der Waals surface area contributed by atoms with Gasteiger partial charge < -0.3 is 19.1 Å². The van der Waals surface area contributed by atoms with Crippen LogP contribution in [0.2, 0.25) is 0 Å². The fourth-order valence-electron chi connectivity index (χ4n) is 4.27. The fraction of sp³-hybridized carbons (Fsp3) is 0.478. The standard InChI is InChI=1S/C23H27N5O4S/c1-15-12-19(28-21(24-15)25-22(26-28)33-3)32-14-18-13-27(10-11-31-18)20(29)23(8-9-23)16-4-6-17(30-2)7-5-16/h4-7,12,18H,8-11,13-14H2,1-3H3. The molecule has 0 spiro atoms. The monoisotopic (exact) mass is 469 g/mol. The molecule has 0 radical (unpaired) electrons. The van der Waals surface area contributed by atoms with Crippen LogP contribution in [0.5, 0.6) is 11.6 Å². The van der Waals surface area contributed by atoms with E-state index in [1.54, 1.807) is 11.6 Å². The Morgan fingerprint density at radius 2 is 2.06 bits per heavy atom. The minimum atomic E-state index is -0.418. The number of hydrogen-bond donors (Lipinski definition) is 0. The van der Waals surface area contributed by atoms with E-state index in [0.29, 0.717) is 43.1 Å². The summed E-state index contributed by atoms with van der Waals surface area (Å²) in [6.45, 7) is 3.78. The smallest absolute Gasteiger partial charge is 0.256 e.